The van der Waals surface area contributed by atoms with Gasteiger partial charge in [0, 0.05) is 19.6 Å². The number of hydrogen-bond donors (Lipinski definition) is 1. The minimum Gasteiger partial charge on any atom is -0.360 e. The third kappa shape index (κ3) is 4.15. The van der Waals surface area contributed by atoms with E-state index < -0.39 is 0 Å². The second-order valence-electron chi connectivity index (χ2n) is 5.84. The van der Waals surface area contributed by atoms with Crippen molar-refractivity contribution in [3.05, 3.63) is 5.01 Å². The van der Waals surface area contributed by atoms with Crippen LogP contribution in [0.3, 0.4) is 0 Å². The van der Waals surface area contributed by atoms with Crippen LogP contribution in [-0.4, -0.2) is 40.6 Å². The summed E-state index contributed by atoms with van der Waals surface area (Å²) in [4.78, 5) is 14.4. The Morgan fingerprint density at radius 2 is 2.00 bits per heavy atom. The molecule has 2 rings (SSSR count). The van der Waals surface area contributed by atoms with Crippen molar-refractivity contribution in [1.29, 1.82) is 0 Å². The Hall–Kier alpha value is -1.17. The van der Waals surface area contributed by atoms with Crippen molar-refractivity contribution < 1.29 is 4.79 Å². The Morgan fingerprint density at radius 3 is 2.62 bits per heavy atom. The van der Waals surface area contributed by atoms with E-state index in [-0.39, 0.29) is 5.91 Å². The first-order valence-electron chi connectivity index (χ1n) is 8.00. The van der Waals surface area contributed by atoms with E-state index in [1.165, 1.54) is 30.6 Å². The van der Waals surface area contributed by atoms with Crippen molar-refractivity contribution in [1.82, 2.24) is 15.1 Å². The van der Waals surface area contributed by atoms with Crippen LogP contribution in [0.15, 0.2) is 0 Å². The fourth-order valence-electron chi connectivity index (χ4n) is 2.87. The lowest BCUT2D eigenvalue weighted by Crippen LogP contribution is -2.39. The molecule has 0 radical (unpaired) electrons. The zero-order chi connectivity index (χ0) is 15.2. The molecule has 118 valence electrons. The molecule has 1 heterocycles. The van der Waals surface area contributed by atoms with Crippen molar-refractivity contribution >= 4 is 22.4 Å². The molecule has 1 saturated carbocycles. The second kappa shape index (κ2) is 7.73. The van der Waals surface area contributed by atoms with Gasteiger partial charge in [-0.15, -0.1) is 10.2 Å². The number of nitrogens with one attached hydrogen (secondary N) is 1. The van der Waals surface area contributed by atoms with Crippen molar-refractivity contribution in [2.45, 2.75) is 58.4 Å². The van der Waals surface area contributed by atoms with Crippen molar-refractivity contribution in [3.63, 3.8) is 0 Å². The first-order chi connectivity index (χ1) is 10.2. The maximum atomic E-state index is 12.5. The quantitative estimate of drug-likeness (QED) is 0.875. The fourth-order valence-corrected chi connectivity index (χ4v) is 3.62. The topological polar surface area (TPSA) is 58.1 Å². The summed E-state index contributed by atoms with van der Waals surface area (Å²) in [6.07, 6.45) is 6.98. The molecule has 0 aliphatic heterocycles. The summed E-state index contributed by atoms with van der Waals surface area (Å²) in [5.74, 6) is 0.855. The molecule has 1 amide bonds. The van der Waals surface area contributed by atoms with Crippen molar-refractivity contribution in [2.24, 2.45) is 5.92 Å². The van der Waals surface area contributed by atoms with Crippen LogP contribution in [0.1, 0.15) is 62.2 Å². The normalized spacial score (nSPS) is 22.0. The van der Waals surface area contributed by atoms with Crippen LogP contribution in [-0.2, 0) is 0 Å². The van der Waals surface area contributed by atoms with Crippen LogP contribution in [0.4, 0.5) is 5.13 Å². The molecule has 0 aromatic carbocycles. The Bertz CT molecular complexity index is 454. The lowest BCUT2D eigenvalue weighted by Gasteiger charge is -2.33. The minimum absolute atomic E-state index is 0.0111. The van der Waals surface area contributed by atoms with Gasteiger partial charge in [0.15, 0.2) is 0 Å². The Labute approximate surface area is 131 Å². The van der Waals surface area contributed by atoms with Gasteiger partial charge in [-0.25, -0.2) is 0 Å². The lowest BCUT2D eigenvalue weighted by atomic mass is 9.84. The highest BCUT2D eigenvalue weighted by Gasteiger charge is 2.28. The number of hydrogen-bond acceptors (Lipinski definition) is 5. The van der Waals surface area contributed by atoms with Gasteiger partial charge in [-0.3, -0.25) is 4.79 Å². The zero-order valence-corrected chi connectivity index (χ0v) is 14.1. The van der Waals surface area contributed by atoms with Gasteiger partial charge in [-0.05, 0) is 38.0 Å². The van der Waals surface area contributed by atoms with Gasteiger partial charge in [-0.1, -0.05) is 31.6 Å². The minimum atomic E-state index is 0.0111. The Balaban J connectivity index is 1.91. The summed E-state index contributed by atoms with van der Waals surface area (Å²) >= 11 is 1.35. The van der Waals surface area contributed by atoms with E-state index in [9.17, 15) is 4.79 Å². The van der Waals surface area contributed by atoms with Gasteiger partial charge in [0.05, 0.1) is 0 Å². The number of rotatable bonds is 6. The summed E-state index contributed by atoms with van der Waals surface area (Å²) in [6, 6.07) is 0.358. The van der Waals surface area contributed by atoms with Crippen LogP contribution in [0.5, 0.6) is 0 Å². The first-order valence-corrected chi connectivity index (χ1v) is 8.81. The lowest BCUT2D eigenvalue weighted by molar-refractivity contribution is 0.0673. The molecule has 1 N–H and O–H groups in total. The largest absolute Gasteiger partial charge is 0.360 e. The van der Waals surface area contributed by atoms with E-state index in [1.807, 2.05) is 11.9 Å². The average molecular weight is 310 g/mol. The Morgan fingerprint density at radius 1 is 1.29 bits per heavy atom. The Kier molecular flexibility index (Phi) is 5.96. The van der Waals surface area contributed by atoms with Gasteiger partial charge in [0.1, 0.15) is 0 Å². The number of carbonyl (C=O) groups excluding carboxylic acids is 1. The van der Waals surface area contributed by atoms with Crippen LogP contribution in [0.25, 0.3) is 0 Å². The second-order valence-corrected chi connectivity index (χ2v) is 6.82. The molecule has 6 heteroatoms. The van der Waals surface area contributed by atoms with Gasteiger partial charge >= 0.3 is 0 Å². The standard InChI is InChI=1S/C15H26N4OS/c1-4-10-16-15-18-17-13(21-15)14(20)19(3)12-8-6-11(5-2)7-9-12/h11-12H,4-10H2,1-3H3,(H,16,18). The predicted molar refractivity (Wildman–Crippen MR) is 86.8 cm³/mol. The number of aromatic nitrogens is 2. The van der Waals surface area contributed by atoms with Gasteiger partial charge < -0.3 is 10.2 Å². The molecule has 0 unspecified atom stereocenters. The third-order valence-corrected chi connectivity index (χ3v) is 5.26. The molecule has 1 aromatic heterocycles. The van der Waals surface area contributed by atoms with Crippen LogP contribution >= 0.6 is 11.3 Å². The maximum Gasteiger partial charge on any atom is 0.284 e. The van der Waals surface area contributed by atoms with E-state index in [0.29, 0.717) is 11.0 Å². The van der Waals surface area contributed by atoms with Gasteiger partial charge in [-0.2, -0.15) is 0 Å². The molecule has 21 heavy (non-hydrogen) atoms. The molecule has 0 saturated heterocycles. The molecule has 1 aliphatic carbocycles. The molecule has 0 spiro atoms. The van der Waals surface area contributed by atoms with Crippen molar-refractivity contribution in [2.75, 3.05) is 18.9 Å². The SMILES string of the molecule is CCCNc1nnc(C(=O)N(C)C2CCC(CC)CC2)s1. The molecule has 0 bridgehead atoms. The summed E-state index contributed by atoms with van der Waals surface area (Å²) in [5, 5.41) is 12.5. The van der Waals surface area contributed by atoms with E-state index >= 15 is 0 Å². The number of amides is 1. The molecular weight excluding hydrogens is 284 g/mol. The van der Waals surface area contributed by atoms with Crippen LogP contribution < -0.4 is 5.32 Å². The van der Waals surface area contributed by atoms with Crippen LogP contribution in [0, 0.1) is 5.92 Å². The highest BCUT2D eigenvalue weighted by Crippen LogP contribution is 2.30. The summed E-state index contributed by atoms with van der Waals surface area (Å²) in [7, 11) is 1.90. The number of carbonyl (C=O) groups is 1. The third-order valence-electron chi connectivity index (χ3n) is 4.40. The molecule has 1 fully saturated rings. The smallest absolute Gasteiger partial charge is 0.284 e. The monoisotopic (exact) mass is 310 g/mol. The highest BCUT2D eigenvalue weighted by atomic mass is 32.1. The highest BCUT2D eigenvalue weighted by molar-refractivity contribution is 7.17. The van der Waals surface area contributed by atoms with Gasteiger partial charge in [0.25, 0.3) is 5.91 Å². The number of anilines is 1. The molecule has 1 aliphatic rings. The van der Waals surface area contributed by atoms with E-state index in [1.54, 1.807) is 0 Å². The average Bonchev–Trinajstić information content (AvgIpc) is 3.00. The summed E-state index contributed by atoms with van der Waals surface area (Å²) in [5.41, 5.74) is 0. The van der Waals surface area contributed by atoms with E-state index in [4.69, 9.17) is 0 Å². The summed E-state index contributed by atoms with van der Waals surface area (Å²) in [6.45, 7) is 5.21. The van der Waals surface area contributed by atoms with Crippen molar-refractivity contribution in [3.8, 4) is 0 Å². The van der Waals surface area contributed by atoms with E-state index in [2.05, 4.69) is 29.4 Å². The molecule has 1 aromatic rings. The number of nitrogens with zero attached hydrogens (tertiary/aromatic N) is 3. The first kappa shape index (κ1) is 16.2. The molecular formula is C15H26N4OS. The van der Waals surface area contributed by atoms with E-state index in [0.717, 1.165) is 36.9 Å². The van der Waals surface area contributed by atoms with Crippen LogP contribution in [0.2, 0.25) is 0 Å². The van der Waals surface area contributed by atoms with Gasteiger partial charge in [0.2, 0.25) is 10.1 Å². The fraction of sp³-hybridized carbons (Fsp3) is 0.800. The molecule has 5 nitrogen and oxygen atoms in total. The zero-order valence-electron chi connectivity index (χ0n) is 13.3. The summed E-state index contributed by atoms with van der Waals surface area (Å²) < 4.78 is 0. The maximum absolute atomic E-state index is 12.5. The predicted octanol–water partition coefficient (Wildman–Crippen LogP) is 3.40. The molecule has 0 atom stereocenters.